The number of esters is 1. The summed E-state index contributed by atoms with van der Waals surface area (Å²) in [5, 5.41) is 3.10. The molecule has 0 bridgehead atoms. The van der Waals surface area contributed by atoms with Gasteiger partial charge in [0.25, 0.3) is 0 Å². The highest BCUT2D eigenvalue weighted by Gasteiger charge is 2.34. The summed E-state index contributed by atoms with van der Waals surface area (Å²) in [7, 11) is 0. The molecule has 0 atom stereocenters. The summed E-state index contributed by atoms with van der Waals surface area (Å²) < 4.78 is 10.9. The zero-order valence-corrected chi connectivity index (χ0v) is 14.6. The van der Waals surface area contributed by atoms with Gasteiger partial charge in [-0.05, 0) is 33.3 Å². The minimum Gasteiger partial charge on any atom is -0.462 e. The Hall–Kier alpha value is -1.73. The molecule has 0 fully saturated rings. The van der Waals surface area contributed by atoms with Crippen LogP contribution in [-0.4, -0.2) is 29.9 Å². The van der Waals surface area contributed by atoms with E-state index in [0.717, 1.165) is 10.4 Å². The SMILES string of the molecule is CCOC(=O)c1c(NC(=O)CC(C)=O)sc2c1CC(C)(C)OC2. The van der Waals surface area contributed by atoms with Crippen molar-refractivity contribution in [2.45, 2.75) is 52.7 Å². The summed E-state index contributed by atoms with van der Waals surface area (Å²) in [4.78, 5) is 36.2. The van der Waals surface area contributed by atoms with Crippen molar-refractivity contribution < 1.29 is 23.9 Å². The van der Waals surface area contributed by atoms with Crippen LogP contribution in [0.15, 0.2) is 0 Å². The predicted molar refractivity (Wildman–Crippen MR) is 86.8 cm³/mol. The van der Waals surface area contributed by atoms with Crippen LogP contribution in [0.5, 0.6) is 0 Å². The van der Waals surface area contributed by atoms with Crippen molar-refractivity contribution in [1.29, 1.82) is 0 Å². The average molecular weight is 339 g/mol. The van der Waals surface area contributed by atoms with E-state index < -0.39 is 11.9 Å². The minimum absolute atomic E-state index is 0.215. The first-order valence-electron chi connectivity index (χ1n) is 7.48. The molecule has 23 heavy (non-hydrogen) atoms. The molecule has 1 N–H and O–H groups in total. The summed E-state index contributed by atoms with van der Waals surface area (Å²) in [5.41, 5.74) is 0.874. The third-order valence-electron chi connectivity index (χ3n) is 3.43. The topological polar surface area (TPSA) is 81.7 Å². The van der Waals surface area contributed by atoms with Crippen LogP contribution in [0.25, 0.3) is 0 Å². The molecule has 0 saturated heterocycles. The van der Waals surface area contributed by atoms with Crippen LogP contribution in [0.2, 0.25) is 0 Å². The Bertz CT molecular complexity index is 647. The number of amides is 1. The fraction of sp³-hybridized carbons (Fsp3) is 0.562. The van der Waals surface area contributed by atoms with Crippen molar-refractivity contribution >= 4 is 34.0 Å². The van der Waals surface area contributed by atoms with Gasteiger partial charge in [0.2, 0.25) is 5.91 Å². The van der Waals surface area contributed by atoms with Crippen molar-refractivity contribution in [2.75, 3.05) is 11.9 Å². The van der Waals surface area contributed by atoms with E-state index in [1.54, 1.807) is 6.92 Å². The van der Waals surface area contributed by atoms with E-state index in [-0.39, 0.29) is 24.4 Å². The number of thiophene rings is 1. The van der Waals surface area contributed by atoms with E-state index in [0.29, 0.717) is 23.6 Å². The largest absolute Gasteiger partial charge is 0.462 e. The number of hydrogen-bond donors (Lipinski definition) is 1. The monoisotopic (exact) mass is 339 g/mol. The van der Waals surface area contributed by atoms with Gasteiger partial charge < -0.3 is 14.8 Å². The second-order valence-corrected chi connectivity index (χ2v) is 7.19. The standard InChI is InChI=1S/C16H21NO5S/c1-5-21-15(20)13-10-7-16(3,4)22-8-11(10)23-14(13)17-12(19)6-9(2)18/h5-8H2,1-4H3,(H,17,19). The zero-order valence-electron chi connectivity index (χ0n) is 13.8. The van der Waals surface area contributed by atoms with Gasteiger partial charge in [0.15, 0.2) is 0 Å². The second kappa shape index (κ2) is 6.80. The Balaban J connectivity index is 2.38. The Kier molecular flexibility index (Phi) is 5.21. The number of hydrogen-bond acceptors (Lipinski definition) is 6. The Morgan fingerprint density at radius 2 is 2.04 bits per heavy atom. The van der Waals surface area contributed by atoms with E-state index in [9.17, 15) is 14.4 Å². The molecule has 0 spiro atoms. The molecule has 1 aliphatic heterocycles. The molecule has 0 saturated carbocycles. The van der Waals surface area contributed by atoms with Gasteiger partial charge >= 0.3 is 5.97 Å². The number of rotatable bonds is 5. The molecule has 1 amide bonds. The number of nitrogens with one attached hydrogen (secondary N) is 1. The van der Waals surface area contributed by atoms with Crippen molar-refractivity contribution in [3.63, 3.8) is 0 Å². The number of ketones is 1. The van der Waals surface area contributed by atoms with Gasteiger partial charge in [0, 0.05) is 11.3 Å². The Labute approximate surface area is 139 Å². The van der Waals surface area contributed by atoms with Crippen molar-refractivity contribution in [3.05, 3.63) is 16.0 Å². The quantitative estimate of drug-likeness (QED) is 0.659. The molecule has 1 aromatic rings. The van der Waals surface area contributed by atoms with Gasteiger partial charge in [-0.25, -0.2) is 4.79 Å². The predicted octanol–water partition coefficient (Wildman–Crippen LogP) is 2.69. The lowest BCUT2D eigenvalue weighted by Gasteiger charge is -2.30. The average Bonchev–Trinajstić information content (AvgIpc) is 2.73. The zero-order chi connectivity index (χ0) is 17.2. The maximum Gasteiger partial charge on any atom is 0.341 e. The second-order valence-electron chi connectivity index (χ2n) is 6.08. The van der Waals surface area contributed by atoms with Crippen LogP contribution in [0.1, 0.15) is 54.9 Å². The summed E-state index contributed by atoms with van der Waals surface area (Å²) in [6, 6.07) is 0. The fourth-order valence-electron chi connectivity index (χ4n) is 2.46. The lowest BCUT2D eigenvalue weighted by atomic mass is 9.93. The molecule has 0 unspecified atom stereocenters. The molecule has 2 heterocycles. The number of anilines is 1. The van der Waals surface area contributed by atoms with Gasteiger partial charge in [0.05, 0.1) is 30.8 Å². The highest BCUT2D eigenvalue weighted by molar-refractivity contribution is 7.17. The van der Waals surface area contributed by atoms with Gasteiger partial charge in [-0.3, -0.25) is 9.59 Å². The lowest BCUT2D eigenvalue weighted by Crippen LogP contribution is -2.32. The number of fused-ring (bicyclic) bond motifs is 1. The maximum absolute atomic E-state index is 12.3. The van der Waals surface area contributed by atoms with Gasteiger partial charge in [-0.15, -0.1) is 11.3 Å². The fourth-order valence-corrected chi connectivity index (χ4v) is 3.59. The van der Waals surface area contributed by atoms with Crippen LogP contribution < -0.4 is 5.32 Å². The van der Waals surface area contributed by atoms with Crippen LogP contribution in [-0.2, 0) is 32.1 Å². The summed E-state index contributed by atoms with van der Waals surface area (Å²) in [6.45, 7) is 7.64. The van der Waals surface area contributed by atoms with E-state index >= 15 is 0 Å². The first-order valence-corrected chi connectivity index (χ1v) is 8.30. The van der Waals surface area contributed by atoms with Gasteiger partial charge in [0.1, 0.15) is 10.8 Å². The number of carbonyl (C=O) groups excluding carboxylic acids is 3. The molecule has 0 aliphatic carbocycles. The van der Waals surface area contributed by atoms with Crippen LogP contribution in [0.3, 0.4) is 0 Å². The maximum atomic E-state index is 12.3. The van der Waals surface area contributed by atoms with Gasteiger partial charge in [-0.1, -0.05) is 0 Å². The molecule has 1 aliphatic rings. The van der Waals surface area contributed by atoms with Crippen molar-refractivity contribution in [3.8, 4) is 0 Å². The molecule has 0 aromatic carbocycles. The van der Waals surface area contributed by atoms with E-state index in [2.05, 4.69) is 5.32 Å². The molecular formula is C16H21NO5S. The van der Waals surface area contributed by atoms with Gasteiger partial charge in [-0.2, -0.15) is 0 Å². The Morgan fingerprint density at radius 3 is 2.65 bits per heavy atom. The number of carbonyl (C=O) groups is 3. The normalized spacial score (nSPS) is 15.7. The molecule has 7 heteroatoms. The third-order valence-corrected chi connectivity index (χ3v) is 4.55. The molecular weight excluding hydrogens is 318 g/mol. The summed E-state index contributed by atoms with van der Waals surface area (Å²) >= 11 is 1.30. The van der Waals surface area contributed by atoms with Crippen molar-refractivity contribution in [2.24, 2.45) is 0 Å². The van der Waals surface area contributed by atoms with Crippen LogP contribution >= 0.6 is 11.3 Å². The Morgan fingerprint density at radius 1 is 1.35 bits per heavy atom. The number of Topliss-reactive ketones (excluding diaryl/α,β-unsaturated/α-hetero) is 1. The third kappa shape index (κ3) is 4.17. The molecule has 0 radical (unpaired) electrons. The first kappa shape index (κ1) is 17.6. The molecule has 6 nitrogen and oxygen atoms in total. The van der Waals surface area contributed by atoms with E-state index in [1.165, 1.54) is 18.3 Å². The molecule has 2 rings (SSSR count). The summed E-state index contributed by atoms with van der Waals surface area (Å²) in [6.07, 6.45) is 0.350. The van der Waals surface area contributed by atoms with E-state index in [1.807, 2.05) is 13.8 Å². The lowest BCUT2D eigenvalue weighted by molar-refractivity contribution is -0.124. The smallest absolute Gasteiger partial charge is 0.341 e. The summed E-state index contributed by atoms with van der Waals surface area (Å²) in [5.74, 6) is -1.12. The molecule has 1 aromatic heterocycles. The molecule has 126 valence electrons. The first-order chi connectivity index (χ1) is 10.7. The van der Waals surface area contributed by atoms with Crippen LogP contribution in [0.4, 0.5) is 5.00 Å². The van der Waals surface area contributed by atoms with Crippen molar-refractivity contribution in [1.82, 2.24) is 0 Å². The highest BCUT2D eigenvalue weighted by atomic mass is 32.1. The van der Waals surface area contributed by atoms with Crippen LogP contribution in [0, 0.1) is 0 Å². The van der Waals surface area contributed by atoms with E-state index in [4.69, 9.17) is 9.47 Å². The highest BCUT2D eigenvalue weighted by Crippen LogP contribution is 2.40. The minimum atomic E-state index is -0.458. The number of ether oxygens (including phenoxy) is 2.